The number of amides is 4. The quantitative estimate of drug-likeness (QED) is 0.264. The third-order valence-corrected chi connectivity index (χ3v) is 9.12. The number of benzene rings is 2. The standard InChI is InChI=1S/C34H35F2N5O7S/c1-34(2,3)48-33(45)40-13-12-22-23(40)10-9-20(39-22)16-37-31(44)24-15-21(46-32(35)36)18-41(24)29(42)17-38-30(43)19-8-11-28-26(14-19)47-25-6-4-5-7-27(25)49-28/h4-11,14,21,24,32H,12-13,15-18H2,1-3H3,(H,37,44)(H,38,43)/t21-,24+/m1/s1. The molecule has 258 valence electrons. The number of halogens is 2. The minimum absolute atomic E-state index is 0.00263. The molecule has 49 heavy (non-hydrogen) atoms. The number of carbonyl (C=O) groups is 4. The Morgan fingerprint density at radius 3 is 2.59 bits per heavy atom. The van der Waals surface area contributed by atoms with Crippen molar-refractivity contribution in [1.29, 1.82) is 0 Å². The molecule has 2 N–H and O–H groups in total. The summed E-state index contributed by atoms with van der Waals surface area (Å²) in [7, 11) is 0. The maximum Gasteiger partial charge on any atom is 0.414 e. The molecule has 0 bridgehead atoms. The fourth-order valence-electron chi connectivity index (χ4n) is 5.80. The second-order valence-corrected chi connectivity index (χ2v) is 13.8. The van der Waals surface area contributed by atoms with Crippen molar-refractivity contribution in [3.8, 4) is 11.5 Å². The molecule has 0 spiro atoms. The highest BCUT2D eigenvalue weighted by atomic mass is 32.2. The zero-order chi connectivity index (χ0) is 34.9. The molecule has 2 atom stereocenters. The summed E-state index contributed by atoms with van der Waals surface area (Å²) in [5.74, 6) is -0.586. The van der Waals surface area contributed by atoms with Gasteiger partial charge in [0.15, 0.2) is 0 Å². The number of carbonyl (C=O) groups excluding carboxylic acids is 4. The van der Waals surface area contributed by atoms with E-state index in [0.29, 0.717) is 41.5 Å². The van der Waals surface area contributed by atoms with E-state index < -0.39 is 54.7 Å². The van der Waals surface area contributed by atoms with Crippen LogP contribution in [0.3, 0.4) is 0 Å². The minimum atomic E-state index is -3.09. The van der Waals surface area contributed by atoms with Gasteiger partial charge in [0.1, 0.15) is 23.1 Å². The molecule has 1 saturated heterocycles. The zero-order valence-corrected chi connectivity index (χ0v) is 27.9. The number of rotatable bonds is 8. The van der Waals surface area contributed by atoms with Crippen molar-refractivity contribution in [2.45, 2.75) is 74.3 Å². The van der Waals surface area contributed by atoms with Gasteiger partial charge in [-0.05, 0) is 63.2 Å². The number of para-hydroxylation sites is 1. The summed E-state index contributed by atoms with van der Waals surface area (Å²) < 4.78 is 42.2. The monoisotopic (exact) mass is 695 g/mol. The second kappa shape index (κ2) is 14.0. The molecule has 4 amide bonds. The molecule has 0 saturated carbocycles. The summed E-state index contributed by atoms with van der Waals surface area (Å²) >= 11 is 1.51. The number of nitrogens with zero attached hydrogens (tertiary/aromatic N) is 3. The average molecular weight is 696 g/mol. The molecule has 3 aliphatic rings. The third kappa shape index (κ3) is 7.94. The first kappa shape index (κ1) is 34.1. The van der Waals surface area contributed by atoms with Crippen molar-refractivity contribution >= 4 is 41.3 Å². The van der Waals surface area contributed by atoms with Gasteiger partial charge in [0, 0.05) is 31.5 Å². The third-order valence-electron chi connectivity index (χ3n) is 8.00. The highest BCUT2D eigenvalue weighted by molar-refractivity contribution is 7.99. The zero-order valence-electron chi connectivity index (χ0n) is 27.0. The molecule has 3 aromatic rings. The van der Waals surface area contributed by atoms with Gasteiger partial charge >= 0.3 is 12.7 Å². The van der Waals surface area contributed by atoms with Gasteiger partial charge in [0.05, 0.1) is 46.1 Å². The lowest BCUT2D eigenvalue weighted by molar-refractivity contribution is -0.160. The van der Waals surface area contributed by atoms with E-state index in [1.165, 1.54) is 16.7 Å². The second-order valence-electron chi connectivity index (χ2n) is 12.7. The Labute approximate surface area is 285 Å². The molecular weight excluding hydrogens is 660 g/mol. The predicted octanol–water partition coefficient (Wildman–Crippen LogP) is 4.89. The van der Waals surface area contributed by atoms with E-state index in [0.717, 1.165) is 14.7 Å². The summed E-state index contributed by atoms with van der Waals surface area (Å²) in [4.78, 5) is 61.2. The van der Waals surface area contributed by atoms with Crippen LogP contribution in [-0.4, -0.2) is 77.7 Å². The number of fused-ring (bicyclic) bond motifs is 3. The molecule has 12 nitrogen and oxygen atoms in total. The van der Waals surface area contributed by atoms with E-state index in [9.17, 15) is 28.0 Å². The maximum atomic E-state index is 13.3. The normalized spacial score (nSPS) is 17.9. The summed E-state index contributed by atoms with van der Waals surface area (Å²) in [6.45, 7) is 1.95. The van der Waals surface area contributed by atoms with E-state index in [1.54, 1.807) is 51.1 Å². The van der Waals surface area contributed by atoms with Crippen LogP contribution in [0.25, 0.3) is 0 Å². The molecule has 6 rings (SSSR count). The van der Waals surface area contributed by atoms with Gasteiger partial charge in [-0.3, -0.25) is 24.3 Å². The topological polar surface area (TPSA) is 139 Å². The van der Waals surface area contributed by atoms with Crippen molar-refractivity contribution in [3.05, 3.63) is 71.5 Å². The highest BCUT2D eigenvalue weighted by Crippen LogP contribution is 2.47. The van der Waals surface area contributed by atoms with Gasteiger partial charge in [0.25, 0.3) is 5.91 Å². The highest BCUT2D eigenvalue weighted by Gasteiger charge is 2.41. The van der Waals surface area contributed by atoms with E-state index >= 15 is 0 Å². The van der Waals surface area contributed by atoms with Gasteiger partial charge in [-0.15, -0.1) is 0 Å². The van der Waals surface area contributed by atoms with E-state index in [-0.39, 0.29) is 25.1 Å². The van der Waals surface area contributed by atoms with Crippen LogP contribution in [0, 0.1) is 0 Å². The molecule has 4 heterocycles. The van der Waals surface area contributed by atoms with E-state index in [2.05, 4.69) is 20.4 Å². The minimum Gasteiger partial charge on any atom is -0.455 e. The number of ether oxygens (including phenoxy) is 3. The molecule has 3 aliphatic heterocycles. The van der Waals surface area contributed by atoms with Gasteiger partial charge in [0.2, 0.25) is 11.8 Å². The number of aromatic nitrogens is 1. The first-order valence-corrected chi connectivity index (χ1v) is 16.5. The first-order valence-electron chi connectivity index (χ1n) is 15.7. The number of anilines is 1. The van der Waals surface area contributed by atoms with Crippen LogP contribution in [0.2, 0.25) is 0 Å². The average Bonchev–Trinajstić information content (AvgIpc) is 3.68. The predicted molar refractivity (Wildman–Crippen MR) is 174 cm³/mol. The Balaban J connectivity index is 1.06. The number of likely N-dealkylation sites (tertiary alicyclic amines) is 1. The Morgan fingerprint density at radius 2 is 1.82 bits per heavy atom. The van der Waals surface area contributed by atoms with Crippen LogP contribution in [0.1, 0.15) is 48.9 Å². The van der Waals surface area contributed by atoms with Crippen LogP contribution < -0.4 is 20.3 Å². The Kier molecular flexibility index (Phi) is 9.75. The molecule has 1 fully saturated rings. The summed E-state index contributed by atoms with van der Waals surface area (Å²) in [5.41, 5.74) is 1.42. The molecule has 15 heteroatoms. The van der Waals surface area contributed by atoms with Crippen molar-refractivity contribution < 1.29 is 42.2 Å². The van der Waals surface area contributed by atoms with Gasteiger partial charge in [-0.25, -0.2) is 4.79 Å². The number of hydrogen-bond donors (Lipinski definition) is 2. The van der Waals surface area contributed by atoms with Gasteiger partial charge in [-0.2, -0.15) is 8.78 Å². The Bertz CT molecular complexity index is 1790. The van der Waals surface area contributed by atoms with Crippen LogP contribution >= 0.6 is 11.8 Å². The summed E-state index contributed by atoms with van der Waals surface area (Å²) in [5, 5.41) is 5.30. The molecule has 0 unspecified atom stereocenters. The Morgan fingerprint density at radius 1 is 1.04 bits per heavy atom. The van der Waals surface area contributed by atoms with Crippen molar-refractivity contribution in [2.75, 3.05) is 24.5 Å². The van der Waals surface area contributed by atoms with Crippen molar-refractivity contribution in [2.24, 2.45) is 0 Å². The molecule has 0 aliphatic carbocycles. The lowest BCUT2D eigenvalue weighted by Crippen LogP contribution is -2.49. The van der Waals surface area contributed by atoms with E-state index in [4.69, 9.17) is 9.47 Å². The fraction of sp³-hybridized carbons (Fsp3) is 0.382. The van der Waals surface area contributed by atoms with Crippen molar-refractivity contribution in [3.63, 3.8) is 0 Å². The van der Waals surface area contributed by atoms with Gasteiger partial charge < -0.3 is 29.7 Å². The molecular formula is C34H35F2N5O7S. The number of nitrogens with one attached hydrogen (secondary N) is 2. The number of alkyl halides is 2. The summed E-state index contributed by atoms with van der Waals surface area (Å²) in [6, 6.07) is 14.8. The summed E-state index contributed by atoms with van der Waals surface area (Å²) in [6.07, 6.45) is -1.20. The van der Waals surface area contributed by atoms with Crippen LogP contribution in [-0.2, 0) is 32.0 Å². The van der Waals surface area contributed by atoms with Crippen LogP contribution in [0.4, 0.5) is 19.3 Å². The first-order chi connectivity index (χ1) is 23.3. The fourth-order valence-corrected chi connectivity index (χ4v) is 6.73. The van der Waals surface area contributed by atoms with Gasteiger partial charge in [-0.1, -0.05) is 23.9 Å². The number of hydrogen-bond acceptors (Lipinski definition) is 9. The van der Waals surface area contributed by atoms with Crippen LogP contribution in [0.5, 0.6) is 11.5 Å². The largest absolute Gasteiger partial charge is 0.455 e. The molecule has 2 aromatic carbocycles. The smallest absolute Gasteiger partial charge is 0.414 e. The van der Waals surface area contributed by atoms with E-state index in [1.807, 2.05) is 24.3 Å². The maximum absolute atomic E-state index is 13.3. The van der Waals surface area contributed by atoms with Crippen LogP contribution in [0.15, 0.2) is 64.4 Å². The SMILES string of the molecule is CC(C)(C)OC(=O)N1CCc2nc(CNC(=O)[C@@H]3C[C@@H](OC(F)F)CN3C(=O)CNC(=O)c3ccc4c(c3)Oc3ccccc3S4)ccc21. The van der Waals surface area contributed by atoms with Crippen molar-refractivity contribution in [1.82, 2.24) is 20.5 Å². The number of pyridine rings is 1. The molecule has 0 radical (unpaired) electrons. The molecule has 1 aromatic heterocycles. The lowest BCUT2D eigenvalue weighted by atomic mass is 10.1. The lowest BCUT2D eigenvalue weighted by Gasteiger charge is -2.25. The Hall–Kier alpha value is -4.76.